The number of rotatable bonds is 5. The van der Waals surface area contributed by atoms with Gasteiger partial charge in [-0.1, -0.05) is 6.92 Å². The van der Waals surface area contributed by atoms with Crippen molar-refractivity contribution in [3.63, 3.8) is 0 Å². The van der Waals surface area contributed by atoms with Crippen LogP contribution in [0.3, 0.4) is 0 Å². The van der Waals surface area contributed by atoms with E-state index in [4.69, 9.17) is 4.74 Å². The van der Waals surface area contributed by atoms with Crippen molar-refractivity contribution in [3.8, 4) is 0 Å². The van der Waals surface area contributed by atoms with Gasteiger partial charge in [-0.05, 0) is 34.1 Å². The monoisotopic (exact) mass is 335 g/mol. The van der Waals surface area contributed by atoms with Crippen molar-refractivity contribution in [1.82, 2.24) is 9.88 Å². The molecule has 0 unspecified atom stereocenters. The minimum absolute atomic E-state index is 0. The van der Waals surface area contributed by atoms with Crippen LogP contribution >= 0.6 is 23.7 Å². The molecule has 1 heterocycles. The highest BCUT2D eigenvalue weighted by molar-refractivity contribution is 7.09. The third kappa shape index (κ3) is 5.80. The van der Waals surface area contributed by atoms with Crippen LogP contribution < -0.4 is 10.1 Å². The number of nitrogens with zero attached hydrogens (tertiary/aromatic N) is 2. The molecule has 1 aromatic heterocycles. The zero-order valence-electron chi connectivity index (χ0n) is 13.6. The molecule has 0 aliphatic carbocycles. The predicted molar refractivity (Wildman–Crippen MR) is 89.4 cm³/mol. The minimum Gasteiger partial charge on any atom is -0.383 e. The summed E-state index contributed by atoms with van der Waals surface area (Å²) >= 11 is 1.53. The first kappa shape index (κ1) is 20.1. The Bertz CT molecular complexity index is 535. The van der Waals surface area contributed by atoms with Crippen molar-refractivity contribution in [2.45, 2.75) is 53.1 Å². The summed E-state index contributed by atoms with van der Waals surface area (Å²) < 4.78 is 7.14. The van der Waals surface area contributed by atoms with E-state index in [1.54, 1.807) is 7.11 Å². The summed E-state index contributed by atoms with van der Waals surface area (Å²) in [5, 5.41) is 2.92. The molecule has 0 bridgehead atoms. The van der Waals surface area contributed by atoms with E-state index in [0.29, 0.717) is 13.2 Å². The van der Waals surface area contributed by atoms with E-state index in [2.05, 4.69) is 10.3 Å². The lowest BCUT2D eigenvalue weighted by Gasteiger charge is -2.22. The first-order valence-electron chi connectivity index (χ1n) is 6.83. The fourth-order valence-electron chi connectivity index (χ4n) is 1.62. The first-order valence-corrected chi connectivity index (χ1v) is 7.65. The van der Waals surface area contributed by atoms with E-state index in [0.717, 1.165) is 16.9 Å². The fourth-order valence-corrected chi connectivity index (χ4v) is 2.62. The van der Waals surface area contributed by atoms with Gasteiger partial charge in [-0.25, -0.2) is 4.79 Å². The molecule has 7 heteroatoms. The van der Waals surface area contributed by atoms with Crippen LogP contribution in [-0.2, 0) is 11.3 Å². The molecule has 0 saturated carbocycles. The summed E-state index contributed by atoms with van der Waals surface area (Å²) in [5.41, 5.74) is 0.896. The second-order valence-corrected chi connectivity index (χ2v) is 6.63. The van der Waals surface area contributed by atoms with Gasteiger partial charge in [0, 0.05) is 29.8 Å². The Morgan fingerprint density at radius 1 is 1.43 bits per heavy atom. The Kier molecular flexibility index (Phi) is 8.21. The third-order valence-electron chi connectivity index (χ3n) is 3.44. The summed E-state index contributed by atoms with van der Waals surface area (Å²) in [6.45, 7) is 11.4. The number of aryl methyl sites for hydroxylation is 1. The number of hydrogen-bond acceptors (Lipinski definition) is 3. The van der Waals surface area contributed by atoms with Crippen LogP contribution in [0, 0.1) is 13.8 Å². The van der Waals surface area contributed by atoms with Crippen LogP contribution in [0.5, 0.6) is 0 Å². The van der Waals surface area contributed by atoms with Gasteiger partial charge in [-0.2, -0.15) is 4.99 Å². The summed E-state index contributed by atoms with van der Waals surface area (Å²) in [6.07, 6.45) is 0.862. The topological polar surface area (TPSA) is 55.6 Å². The number of halogens is 1. The van der Waals surface area contributed by atoms with Crippen molar-refractivity contribution in [1.29, 1.82) is 0 Å². The second-order valence-electron chi connectivity index (χ2n) is 5.45. The molecule has 0 spiro atoms. The van der Waals surface area contributed by atoms with Crippen LogP contribution in [-0.4, -0.2) is 29.9 Å². The Morgan fingerprint density at radius 2 is 2.05 bits per heavy atom. The molecule has 1 rings (SSSR count). The van der Waals surface area contributed by atoms with Crippen LogP contribution in [0.25, 0.3) is 0 Å². The lowest BCUT2D eigenvalue weighted by atomic mass is 10.0. The van der Waals surface area contributed by atoms with Crippen molar-refractivity contribution in [2.75, 3.05) is 13.7 Å². The second kappa shape index (κ2) is 8.56. The molecular formula is C14H26ClN3O2S. The first-order chi connectivity index (χ1) is 9.30. The molecule has 0 aliphatic heterocycles. The molecular weight excluding hydrogens is 310 g/mol. The van der Waals surface area contributed by atoms with Crippen LogP contribution in [0.2, 0.25) is 0 Å². The van der Waals surface area contributed by atoms with Crippen LogP contribution in [0.4, 0.5) is 4.79 Å². The zero-order valence-corrected chi connectivity index (χ0v) is 15.3. The van der Waals surface area contributed by atoms with Crippen molar-refractivity contribution < 1.29 is 9.53 Å². The standard InChI is InChI=1S/C14H25N3O2S.ClH/c1-7-14(4,5)16-12(18)15-13-17(8-9-19-6)10(2)11(3)20-13;/h7-9H2,1-6H3,(H,16,18);1H. The number of thiazole rings is 1. The molecule has 2 amide bonds. The zero-order chi connectivity index (χ0) is 15.3. The lowest BCUT2D eigenvalue weighted by molar-refractivity contribution is 0.185. The highest BCUT2D eigenvalue weighted by Gasteiger charge is 2.17. The summed E-state index contributed by atoms with van der Waals surface area (Å²) in [7, 11) is 1.67. The van der Waals surface area contributed by atoms with E-state index in [9.17, 15) is 4.79 Å². The number of hydrogen-bond donors (Lipinski definition) is 1. The molecule has 0 fully saturated rings. The number of carbonyl (C=O) groups is 1. The summed E-state index contributed by atoms with van der Waals surface area (Å²) in [4.78, 5) is 18.1. The minimum atomic E-state index is -0.288. The Hall–Kier alpha value is -0.850. The van der Waals surface area contributed by atoms with E-state index >= 15 is 0 Å². The Morgan fingerprint density at radius 3 is 2.57 bits per heavy atom. The van der Waals surface area contributed by atoms with Crippen LogP contribution in [0.15, 0.2) is 4.99 Å². The van der Waals surface area contributed by atoms with Gasteiger partial charge < -0.3 is 14.6 Å². The van der Waals surface area contributed by atoms with Gasteiger partial charge in [0.05, 0.1) is 6.61 Å². The van der Waals surface area contributed by atoms with E-state index in [1.165, 1.54) is 16.2 Å². The molecule has 21 heavy (non-hydrogen) atoms. The van der Waals surface area contributed by atoms with Gasteiger partial charge in [-0.3, -0.25) is 0 Å². The number of methoxy groups -OCH3 is 1. The smallest absolute Gasteiger partial charge is 0.344 e. The maximum Gasteiger partial charge on any atom is 0.344 e. The van der Waals surface area contributed by atoms with E-state index in [-0.39, 0.29) is 24.0 Å². The van der Waals surface area contributed by atoms with E-state index in [1.807, 2.05) is 39.2 Å². The lowest BCUT2D eigenvalue weighted by Crippen LogP contribution is -2.42. The van der Waals surface area contributed by atoms with Crippen LogP contribution in [0.1, 0.15) is 37.8 Å². The highest BCUT2D eigenvalue weighted by atomic mass is 35.5. The number of urea groups is 1. The van der Waals surface area contributed by atoms with Gasteiger partial charge in [0.2, 0.25) is 0 Å². The quantitative estimate of drug-likeness (QED) is 0.899. The average Bonchev–Trinajstić information content (AvgIpc) is 2.62. The Balaban J connectivity index is 0.00000400. The maximum atomic E-state index is 12.0. The molecule has 0 aromatic carbocycles. The van der Waals surface area contributed by atoms with Gasteiger partial charge in [0.1, 0.15) is 0 Å². The van der Waals surface area contributed by atoms with Crippen molar-refractivity contribution >= 4 is 29.8 Å². The largest absolute Gasteiger partial charge is 0.383 e. The van der Waals surface area contributed by atoms with Gasteiger partial charge in [-0.15, -0.1) is 23.7 Å². The van der Waals surface area contributed by atoms with E-state index < -0.39 is 0 Å². The molecule has 122 valence electrons. The normalized spacial score (nSPS) is 12.2. The molecule has 0 saturated heterocycles. The molecule has 0 aliphatic rings. The van der Waals surface area contributed by atoms with Crippen molar-refractivity contribution in [2.24, 2.45) is 4.99 Å². The third-order valence-corrected chi connectivity index (χ3v) is 4.53. The molecule has 1 aromatic rings. The number of amides is 2. The molecule has 0 radical (unpaired) electrons. The molecule has 5 nitrogen and oxygen atoms in total. The summed E-state index contributed by atoms with van der Waals surface area (Å²) in [5.74, 6) is 0. The maximum absolute atomic E-state index is 12.0. The van der Waals surface area contributed by atoms with Gasteiger partial charge >= 0.3 is 6.03 Å². The SMILES string of the molecule is CCC(C)(C)NC(=O)N=c1sc(C)c(C)n1CCOC.Cl. The van der Waals surface area contributed by atoms with Crippen molar-refractivity contribution in [3.05, 3.63) is 15.4 Å². The molecule has 1 N–H and O–H groups in total. The highest BCUT2D eigenvalue weighted by Crippen LogP contribution is 2.10. The van der Waals surface area contributed by atoms with Gasteiger partial charge in [0.25, 0.3) is 0 Å². The average molecular weight is 336 g/mol. The fraction of sp³-hybridized carbons (Fsp3) is 0.714. The molecule has 0 atom stereocenters. The summed E-state index contributed by atoms with van der Waals surface area (Å²) in [6, 6.07) is -0.288. The number of ether oxygens (including phenoxy) is 1. The number of nitrogens with one attached hydrogen (secondary N) is 1. The number of carbonyl (C=O) groups excluding carboxylic acids is 1. The predicted octanol–water partition coefficient (Wildman–Crippen LogP) is 3.03. The number of aromatic nitrogens is 1. The Labute approximate surface area is 136 Å². The van der Waals surface area contributed by atoms with Gasteiger partial charge in [0.15, 0.2) is 4.80 Å².